The molecule has 1 unspecified atom stereocenters. The summed E-state index contributed by atoms with van der Waals surface area (Å²) >= 11 is 0. The molecule has 3 aromatic rings. The third-order valence-corrected chi connectivity index (χ3v) is 4.74. The third-order valence-electron chi connectivity index (χ3n) is 4.74. The monoisotopic (exact) mass is 333 g/mol. The van der Waals surface area contributed by atoms with Gasteiger partial charge in [-0.15, -0.1) is 0 Å². The lowest BCUT2D eigenvalue weighted by Crippen LogP contribution is -2.26. The van der Waals surface area contributed by atoms with Gasteiger partial charge in [0.05, 0.1) is 0 Å². The first-order valence-corrected chi connectivity index (χ1v) is 8.02. The maximum absolute atomic E-state index is 13.3. The fourth-order valence-electron chi connectivity index (χ4n) is 3.61. The van der Waals surface area contributed by atoms with Crippen LogP contribution in [0, 0.1) is 5.82 Å². The number of anilines is 2. The molecule has 4 heteroatoms. The molecule has 3 aromatic carbocycles. The molecule has 124 valence electrons. The van der Waals surface area contributed by atoms with E-state index in [2.05, 4.69) is 0 Å². The van der Waals surface area contributed by atoms with Crippen LogP contribution >= 0.6 is 0 Å². The molecule has 0 saturated heterocycles. The highest BCUT2D eigenvalue weighted by Crippen LogP contribution is 2.48. The van der Waals surface area contributed by atoms with E-state index in [1.807, 2.05) is 54.4 Å². The van der Waals surface area contributed by atoms with Gasteiger partial charge in [-0.2, -0.15) is 0 Å². The SMILES string of the molecule is CN1c2ccccc2C(C(=O)O)c2c(-c3ccc(F)cc3)cccc21. The Morgan fingerprint density at radius 2 is 1.64 bits per heavy atom. The average molecular weight is 333 g/mol. The maximum Gasteiger partial charge on any atom is 0.315 e. The molecule has 0 radical (unpaired) electrons. The minimum absolute atomic E-state index is 0.314. The summed E-state index contributed by atoms with van der Waals surface area (Å²) in [4.78, 5) is 14.2. The van der Waals surface area contributed by atoms with E-state index >= 15 is 0 Å². The molecule has 0 aromatic heterocycles. The Labute approximate surface area is 145 Å². The maximum atomic E-state index is 13.3. The zero-order chi connectivity index (χ0) is 17.6. The van der Waals surface area contributed by atoms with Gasteiger partial charge < -0.3 is 10.0 Å². The number of fused-ring (bicyclic) bond motifs is 2. The van der Waals surface area contributed by atoms with Gasteiger partial charge in [0.15, 0.2) is 0 Å². The van der Waals surface area contributed by atoms with Crippen molar-refractivity contribution in [2.24, 2.45) is 0 Å². The number of hydrogen-bond acceptors (Lipinski definition) is 2. The second kappa shape index (κ2) is 5.74. The number of carbonyl (C=O) groups is 1. The molecular formula is C21H16FNO2. The van der Waals surface area contributed by atoms with Crippen LogP contribution in [0.5, 0.6) is 0 Å². The highest BCUT2D eigenvalue weighted by atomic mass is 19.1. The molecule has 1 aliphatic heterocycles. The molecule has 0 fully saturated rings. The van der Waals surface area contributed by atoms with Crippen LogP contribution in [0.25, 0.3) is 11.1 Å². The van der Waals surface area contributed by atoms with Crippen molar-refractivity contribution in [3.05, 3.63) is 83.7 Å². The summed E-state index contributed by atoms with van der Waals surface area (Å²) in [7, 11) is 1.93. The Balaban J connectivity index is 2.01. The van der Waals surface area contributed by atoms with Crippen molar-refractivity contribution in [1.29, 1.82) is 0 Å². The first kappa shape index (κ1) is 15.4. The van der Waals surface area contributed by atoms with Gasteiger partial charge >= 0.3 is 5.97 Å². The quantitative estimate of drug-likeness (QED) is 0.733. The topological polar surface area (TPSA) is 40.5 Å². The number of rotatable bonds is 2. The second-order valence-corrected chi connectivity index (χ2v) is 6.13. The summed E-state index contributed by atoms with van der Waals surface area (Å²) in [5, 5.41) is 9.95. The van der Waals surface area contributed by atoms with E-state index in [9.17, 15) is 14.3 Å². The van der Waals surface area contributed by atoms with Crippen molar-refractivity contribution in [3.63, 3.8) is 0 Å². The van der Waals surface area contributed by atoms with Crippen LogP contribution in [-0.4, -0.2) is 18.1 Å². The molecular weight excluding hydrogens is 317 g/mol. The van der Waals surface area contributed by atoms with Gasteiger partial charge in [-0.25, -0.2) is 4.39 Å². The zero-order valence-electron chi connectivity index (χ0n) is 13.6. The summed E-state index contributed by atoms with van der Waals surface area (Å²) in [6.07, 6.45) is 0. The van der Waals surface area contributed by atoms with E-state index in [4.69, 9.17) is 0 Å². The highest BCUT2D eigenvalue weighted by molar-refractivity contribution is 5.94. The van der Waals surface area contributed by atoms with E-state index < -0.39 is 11.9 Å². The number of para-hydroxylation sites is 1. The molecule has 0 saturated carbocycles. The Bertz CT molecular complexity index is 966. The van der Waals surface area contributed by atoms with E-state index in [1.165, 1.54) is 12.1 Å². The lowest BCUT2D eigenvalue weighted by Gasteiger charge is -2.35. The van der Waals surface area contributed by atoms with Crippen LogP contribution in [-0.2, 0) is 4.79 Å². The first-order chi connectivity index (χ1) is 12.1. The molecule has 4 rings (SSSR count). The number of nitrogens with zero attached hydrogens (tertiary/aromatic N) is 1. The molecule has 1 aliphatic rings. The normalized spacial score (nSPS) is 15.4. The van der Waals surface area contributed by atoms with Crippen LogP contribution in [0.3, 0.4) is 0 Å². The number of carboxylic acid groups (broad SMARTS) is 1. The van der Waals surface area contributed by atoms with Crippen molar-refractivity contribution in [2.75, 3.05) is 11.9 Å². The van der Waals surface area contributed by atoms with Crippen LogP contribution in [0.4, 0.5) is 15.8 Å². The van der Waals surface area contributed by atoms with Crippen molar-refractivity contribution in [2.45, 2.75) is 5.92 Å². The number of carboxylic acids is 1. The molecule has 0 aliphatic carbocycles. The Morgan fingerprint density at radius 3 is 2.36 bits per heavy atom. The van der Waals surface area contributed by atoms with Crippen LogP contribution in [0.1, 0.15) is 17.0 Å². The van der Waals surface area contributed by atoms with Gasteiger partial charge in [-0.1, -0.05) is 42.5 Å². The summed E-state index contributed by atoms with van der Waals surface area (Å²) in [6, 6.07) is 19.4. The molecule has 3 nitrogen and oxygen atoms in total. The standard InChI is InChI=1S/C21H16FNO2/c1-23-17-7-3-2-5-16(17)20(21(24)25)19-15(6-4-8-18(19)23)13-9-11-14(22)12-10-13/h2-12,20H,1H3,(H,24,25). The van der Waals surface area contributed by atoms with E-state index in [0.717, 1.165) is 33.6 Å². The van der Waals surface area contributed by atoms with Crippen LogP contribution in [0.2, 0.25) is 0 Å². The lowest BCUT2D eigenvalue weighted by molar-refractivity contribution is -0.137. The molecule has 1 atom stereocenters. The number of aliphatic carboxylic acids is 1. The van der Waals surface area contributed by atoms with Crippen molar-refractivity contribution in [3.8, 4) is 11.1 Å². The number of halogens is 1. The van der Waals surface area contributed by atoms with Gasteiger partial charge in [0.25, 0.3) is 0 Å². The smallest absolute Gasteiger partial charge is 0.315 e. The van der Waals surface area contributed by atoms with Crippen molar-refractivity contribution in [1.82, 2.24) is 0 Å². The second-order valence-electron chi connectivity index (χ2n) is 6.13. The third kappa shape index (κ3) is 2.38. The molecule has 0 amide bonds. The summed E-state index contributed by atoms with van der Waals surface area (Å²) in [5.74, 6) is -1.97. The summed E-state index contributed by atoms with van der Waals surface area (Å²) in [6.45, 7) is 0. The van der Waals surface area contributed by atoms with Crippen molar-refractivity contribution >= 4 is 17.3 Å². The van der Waals surface area contributed by atoms with Crippen molar-refractivity contribution < 1.29 is 14.3 Å². The van der Waals surface area contributed by atoms with Crippen LogP contribution in [0.15, 0.2) is 66.7 Å². The average Bonchev–Trinajstić information content (AvgIpc) is 2.62. The Hall–Kier alpha value is -3.14. The molecule has 1 heterocycles. The molecule has 1 N–H and O–H groups in total. The summed E-state index contributed by atoms with van der Waals surface area (Å²) in [5.41, 5.74) is 4.86. The number of benzene rings is 3. The Kier molecular flexibility index (Phi) is 3.53. The first-order valence-electron chi connectivity index (χ1n) is 8.02. The van der Waals surface area contributed by atoms with E-state index in [0.29, 0.717) is 0 Å². The van der Waals surface area contributed by atoms with Gasteiger partial charge in [-0.05, 0) is 41.0 Å². The van der Waals surface area contributed by atoms with E-state index in [1.54, 1.807) is 12.1 Å². The van der Waals surface area contributed by atoms with Gasteiger partial charge in [-0.3, -0.25) is 4.79 Å². The molecule has 25 heavy (non-hydrogen) atoms. The summed E-state index contributed by atoms with van der Waals surface area (Å²) < 4.78 is 13.3. The molecule has 0 bridgehead atoms. The minimum Gasteiger partial charge on any atom is -0.481 e. The van der Waals surface area contributed by atoms with Crippen LogP contribution < -0.4 is 4.90 Å². The largest absolute Gasteiger partial charge is 0.481 e. The predicted molar refractivity (Wildman–Crippen MR) is 95.8 cm³/mol. The fraction of sp³-hybridized carbons (Fsp3) is 0.0952. The van der Waals surface area contributed by atoms with Gasteiger partial charge in [0.2, 0.25) is 0 Å². The van der Waals surface area contributed by atoms with E-state index in [-0.39, 0.29) is 5.82 Å². The minimum atomic E-state index is -0.892. The fourth-order valence-corrected chi connectivity index (χ4v) is 3.61. The van der Waals surface area contributed by atoms with Gasteiger partial charge in [0.1, 0.15) is 11.7 Å². The number of hydrogen-bond donors (Lipinski definition) is 1. The predicted octanol–water partition coefficient (Wildman–Crippen LogP) is 4.79. The zero-order valence-corrected chi connectivity index (χ0v) is 13.6. The van der Waals surface area contributed by atoms with Gasteiger partial charge in [0, 0.05) is 24.0 Å². The highest BCUT2D eigenvalue weighted by Gasteiger charge is 2.35. The Morgan fingerprint density at radius 1 is 0.960 bits per heavy atom. The molecule has 0 spiro atoms. The lowest BCUT2D eigenvalue weighted by atomic mass is 9.81.